The van der Waals surface area contributed by atoms with Crippen molar-refractivity contribution in [2.75, 3.05) is 5.32 Å². The van der Waals surface area contributed by atoms with Gasteiger partial charge in [-0.05, 0) is 44.2 Å². The Morgan fingerprint density at radius 3 is 2.87 bits per heavy atom. The van der Waals surface area contributed by atoms with Crippen LogP contribution in [0, 0.1) is 13.8 Å². The van der Waals surface area contributed by atoms with Crippen LogP contribution in [0.2, 0.25) is 0 Å². The Labute approximate surface area is 133 Å². The maximum Gasteiger partial charge on any atom is 0.260 e. The predicted octanol–water partition coefficient (Wildman–Crippen LogP) is 2.87. The molecule has 0 bridgehead atoms. The van der Waals surface area contributed by atoms with E-state index in [0.29, 0.717) is 23.0 Å². The smallest absolute Gasteiger partial charge is 0.260 e. The first kappa shape index (κ1) is 13.9. The molecule has 1 aliphatic rings. The number of rotatable bonds is 3. The molecule has 3 aromatic rings. The number of aromatic nitrogens is 4. The average Bonchev–Trinajstić information content (AvgIpc) is 3.24. The molecule has 1 saturated carbocycles. The molecule has 0 saturated heterocycles. The van der Waals surface area contributed by atoms with Gasteiger partial charge in [-0.15, -0.1) is 0 Å². The van der Waals surface area contributed by atoms with Crippen molar-refractivity contribution in [1.82, 2.24) is 19.6 Å². The van der Waals surface area contributed by atoms with E-state index in [-0.39, 0.29) is 5.91 Å². The van der Waals surface area contributed by atoms with Crippen LogP contribution in [0.3, 0.4) is 0 Å². The summed E-state index contributed by atoms with van der Waals surface area (Å²) in [6.45, 7) is 3.89. The molecule has 1 aliphatic carbocycles. The van der Waals surface area contributed by atoms with Crippen LogP contribution in [0.25, 0.3) is 5.65 Å². The van der Waals surface area contributed by atoms with Crippen LogP contribution in [0.1, 0.15) is 45.9 Å². The summed E-state index contributed by atoms with van der Waals surface area (Å²) in [6, 6.07) is 3.80. The second kappa shape index (κ2) is 5.15. The minimum Gasteiger partial charge on any atom is -0.306 e. The van der Waals surface area contributed by atoms with Gasteiger partial charge in [-0.25, -0.2) is 14.5 Å². The topological polar surface area (TPSA) is 72.2 Å². The first-order valence-electron chi connectivity index (χ1n) is 7.71. The molecule has 0 radical (unpaired) electrons. The molecule has 0 aromatic carbocycles. The molecule has 0 spiro atoms. The molecule has 0 aliphatic heterocycles. The lowest BCUT2D eigenvalue weighted by Gasteiger charge is -2.12. The highest BCUT2D eigenvalue weighted by atomic mass is 16.1. The fraction of sp³-hybridized carbons (Fsp3) is 0.294. The quantitative estimate of drug-likeness (QED) is 0.807. The Hall–Kier alpha value is -2.76. The van der Waals surface area contributed by atoms with Gasteiger partial charge in [0.05, 0.1) is 17.5 Å². The van der Waals surface area contributed by atoms with E-state index < -0.39 is 0 Å². The van der Waals surface area contributed by atoms with E-state index in [0.717, 1.165) is 24.1 Å². The number of amides is 1. The third-order valence-electron chi connectivity index (χ3n) is 4.24. The Kier molecular flexibility index (Phi) is 3.11. The van der Waals surface area contributed by atoms with E-state index in [2.05, 4.69) is 27.3 Å². The Balaban J connectivity index is 1.69. The lowest BCUT2D eigenvalue weighted by Crippen LogP contribution is -2.17. The van der Waals surface area contributed by atoms with Crippen LogP contribution in [0.15, 0.2) is 30.7 Å². The van der Waals surface area contributed by atoms with Crippen molar-refractivity contribution in [2.45, 2.75) is 32.6 Å². The van der Waals surface area contributed by atoms with Crippen LogP contribution >= 0.6 is 0 Å². The summed E-state index contributed by atoms with van der Waals surface area (Å²) >= 11 is 0. The highest BCUT2D eigenvalue weighted by Gasteiger charge is 2.29. The normalized spacial score (nSPS) is 14.2. The summed E-state index contributed by atoms with van der Waals surface area (Å²) in [5.74, 6) is 0.983. The summed E-state index contributed by atoms with van der Waals surface area (Å²) in [5, 5.41) is 7.09. The molecule has 1 amide bonds. The van der Waals surface area contributed by atoms with Crippen LogP contribution in [-0.2, 0) is 0 Å². The summed E-state index contributed by atoms with van der Waals surface area (Å²) in [7, 11) is 0. The van der Waals surface area contributed by atoms with E-state index in [9.17, 15) is 4.79 Å². The number of aryl methyl sites for hydroxylation is 2. The molecule has 3 aromatic heterocycles. The molecule has 6 heteroatoms. The molecule has 3 heterocycles. The number of carbonyl (C=O) groups excluding carboxylic acids is 1. The summed E-state index contributed by atoms with van der Waals surface area (Å²) < 4.78 is 1.60. The van der Waals surface area contributed by atoms with Gasteiger partial charge in [0, 0.05) is 24.0 Å². The zero-order chi connectivity index (χ0) is 16.0. The lowest BCUT2D eigenvalue weighted by molar-refractivity contribution is 0.102. The molecule has 0 atom stereocenters. The van der Waals surface area contributed by atoms with E-state index in [1.807, 2.05) is 19.1 Å². The maximum atomic E-state index is 12.7. The van der Waals surface area contributed by atoms with Gasteiger partial charge >= 0.3 is 0 Å². The summed E-state index contributed by atoms with van der Waals surface area (Å²) in [6.07, 6.45) is 7.43. The zero-order valence-electron chi connectivity index (χ0n) is 13.1. The van der Waals surface area contributed by atoms with Crippen LogP contribution < -0.4 is 5.32 Å². The monoisotopic (exact) mass is 307 g/mol. The second-order valence-corrected chi connectivity index (χ2v) is 5.99. The number of anilines is 1. The van der Waals surface area contributed by atoms with Crippen molar-refractivity contribution in [2.24, 2.45) is 0 Å². The van der Waals surface area contributed by atoms with Gasteiger partial charge < -0.3 is 5.32 Å². The number of fused-ring (bicyclic) bond motifs is 1. The van der Waals surface area contributed by atoms with E-state index in [1.54, 1.807) is 23.1 Å². The van der Waals surface area contributed by atoms with Gasteiger partial charge in [-0.3, -0.25) is 4.79 Å². The first-order chi connectivity index (χ1) is 11.1. The Bertz CT molecular complexity index is 910. The van der Waals surface area contributed by atoms with Crippen LogP contribution in [0.5, 0.6) is 0 Å². The first-order valence-corrected chi connectivity index (χ1v) is 7.71. The molecule has 23 heavy (non-hydrogen) atoms. The molecule has 116 valence electrons. The van der Waals surface area contributed by atoms with E-state index in [1.165, 1.54) is 5.56 Å². The SMILES string of the molecule is Cc1ccnc(NC(=O)c2cn3nccc3nc2C)c1C1CC1. The van der Waals surface area contributed by atoms with Gasteiger partial charge in [0.2, 0.25) is 0 Å². The number of hydrogen-bond acceptors (Lipinski definition) is 4. The molecule has 0 unspecified atom stereocenters. The second-order valence-electron chi connectivity index (χ2n) is 5.99. The Morgan fingerprint density at radius 1 is 1.26 bits per heavy atom. The van der Waals surface area contributed by atoms with Crippen LogP contribution in [-0.4, -0.2) is 25.5 Å². The summed E-state index contributed by atoms with van der Waals surface area (Å²) in [5.41, 5.74) is 4.25. The fourth-order valence-electron chi connectivity index (χ4n) is 2.90. The van der Waals surface area contributed by atoms with Gasteiger partial charge in [0.1, 0.15) is 5.82 Å². The van der Waals surface area contributed by atoms with Gasteiger partial charge in [-0.2, -0.15) is 5.10 Å². The zero-order valence-corrected chi connectivity index (χ0v) is 13.1. The number of pyridine rings is 1. The number of nitrogens with one attached hydrogen (secondary N) is 1. The maximum absolute atomic E-state index is 12.7. The fourth-order valence-corrected chi connectivity index (χ4v) is 2.90. The molecule has 6 nitrogen and oxygen atoms in total. The van der Waals surface area contributed by atoms with Crippen molar-refractivity contribution in [1.29, 1.82) is 0 Å². The molecular weight excluding hydrogens is 290 g/mol. The largest absolute Gasteiger partial charge is 0.306 e. The Morgan fingerprint density at radius 2 is 2.09 bits per heavy atom. The van der Waals surface area contributed by atoms with Crippen molar-refractivity contribution in [3.05, 3.63) is 53.1 Å². The lowest BCUT2D eigenvalue weighted by atomic mass is 10.1. The van der Waals surface area contributed by atoms with Gasteiger partial charge in [-0.1, -0.05) is 0 Å². The van der Waals surface area contributed by atoms with E-state index in [4.69, 9.17) is 0 Å². The standard InChI is InChI=1S/C17H17N5O/c1-10-5-7-18-16(15(10)12-3-4-12)21-17(23)13-9-22-14(6-8-19-22)20-11(13)2/h5-9,12H,3-4H2,1-2H3,(H,18,21,23). The minimum absolute atomic E-state index is 0.201. The highest BCUT2D eigenvalue weighted by Crippen LogP contribution is 2.44. The van der Waals surface area contributed by atoms with Crippen molar-refractivity contribution in [3.63, 3.8) is 0 Å². The molecule has 1 N–H and O–H groups in total. The van der Waals surface area contributed by atoms with Crippen molar-refractivity contribution < 1.29 is 4.79 Å². The number of carbonyl (C=O) groups is 1. The minimum atomic E-state index is -0.201. The third kappa shape index (κ3) is 2.46. The summed E-state index contributed by atoms with van der Waals surface area (Å²) in [4.78, 5) is 21.5. The van der Waals surface area contributed by atoms with Crippen LogP contribution in [0.4, 0.5) is 5.82 Å². The predicted molar refractivity (Wildman–Crippen MR) is 86.6 cm³/mol. The van der Waals surface area contributed by atoms with Gasteiger partial charge in [0.15, 0.2) is 5.65 Å². The highest BCUT2D eigenvalue weighted by molar-refractivity contribution is 6.04. The van der Waals surface area contributed by atoms with E-state index >= 15 is 0 Å². The number of nitrogens with zero attached hydrogens (tertiary/aromatic N) is 4. The molecular formula is C17H17N5O. The number of hydrogen-bond donors (Lipinski definition) is 1. The molecule has 4 rings (SSSR count). The third-order valence-corrected chi connectivity index (χ3v) is 4.24. The van der Waals surface area contributed by atoms with Gasteiger partial charge in [0.25, 0.3) is 5.91 Å². The molecule has 1 fully saturated rings. The van der Waals surface area contributed by atoms with Crippen molar-refractivity contribution in [3.8, 4) is 0 Å². The average molecular weight is 307 g/mol. The van der Waals surface area contributed by atoms with Crippen molar-refractivity contribution >= 4 is 17.4 Å².